The van der Waals surface area contributed by atoms with Gasteiger partial charge in [-0.25, -0.2) is 9.59 Å². The van der Waals surface area contributed by atoms with Gasteiger partial charge in [-0.15, -0.1) is 0 Å². The number of benzene rings is 2. The fraction of sp³-hybridized carbons (Fsp3) is 0.158. The second kappa shape index (κ2) is 7.00. The normalized spacial score (nSPS) is 10.5. The first kappa shape index (κ1) is 15.8. The summed E-state index contributed by atoms with van der Waals surface area (Å²) >= 11 is 0. The van der Waals surface area contributed by atoms with E-state index in [9.17, 15) is 9.59 Å². The summed E-state index contributed by atoms with van der Waals surface area (Å²) in [6, 6.07) is 16.0. The van der Waals surface area contributed by atoms with Crippen LogP contribution in [0.15, 0.2) is 63.8 Å². The van der Waals surface area contributed by atoms with Crippen molar-refractivity contribution in [2.24, 2.45) is 0 Å². The lowest BCUT2D eigenvalue weighted by atomic mass is 10.2. The van der Waals surface area contributed by atoms with Gasteiger partial charge in [0.15, 0.2) is 0 Å². The van der Waals surface area contributed by atoms with E-state index >= 15 is 0 Å². The van der Waals surface area contributed by atoms with E-state index in [-0.39, 0.29) is 18.8 Å². The zero-order valence-electron chi connectivity index (χ0n) is 13.2. The summed E-state index contributed by atoms with van der Waals surface area (Å²) < 4.78 is 15.7. The van der Waals surface area contributed by atoms with Gasteiger partial charge in [0, 0.05) is 5.39 Å². The fourth-order valence-corrected chi connectivity index (χ4v) is 2.21. The Balaban J connectivity index is 1.60. The maximum atomic E-state index is 12.0. The van der Waals surface area contributed by atoms with Crippen molar-refractivity contribution in [2.45, 2.75) is 6.92 Å². The minimum absolute atomic E-state index is 0.0407. The van der Waals surface area contributed by atoms with E-state index in [0.29, 0.717) is 16.7 Å². The van der Waals surface area contributed by atoms with Crippen molar-refractivity contribution in [3.8, 4) is 5.75 Å². The molecular formula is C19H16O5. The van der Waals surface area contributed by atoms with Crippen LogP contribution in [0.5, 0.6) is 5.75 Å². The highest BCUT2D eigenvalue weighted by Gasteiger charge is 2.15. The summed E-state index contributed by atoms with van der Waals surface area (Å²) in [5.74, 6) is -0.0242. The van der Waals surface area contributed by atoms with E-state index in [1.54, 1.807) is 24.3 Å². The number of aryl methyl sites for hydroxylation is 1. The highest BCUT2D eigenvalue weighted by Crippen LogP contribution is 2.13. The Kier molecular flexibility index (Phi) is 4.61. The average Bonchev–Trinajstić information content (AvgIpc) is 2.59. The topological polar surface area (TPSA) is 65.7 Å². The standard InChI is InChI=1S/C19H16O5/c1-13-6-8-15(9-7-13)22-10-11-23-18(20)16-12-14-4-2-3-5-17(14)24-19(16)21/h2-9,12H,10-11H2,1H3. The van der Waals surface area contributed by atoms with Crippen LogP contribution in [0.2, 0.25) is 0 Å². The molecule has 0 N–H and O–H groups in total. The maximum Gasteiger partial charge on any atom is 0.351 e. The van der Waals surface area contributed by atoms with Crippen LogP contribution in [0.4, 0.5) is 0 Å². The van der Waals surface area contributed by atoms with Crippen molar-refractivity contribution in [1.82, 2.24) is 0 Å². The lowest BCUT2D eigenvalue weighted by Crippen LogP contribution is -2.19. The lowest BCUT2D eigenvalue weighted by molar-refractivity contribution is 0.0446. The molecule has 0 aliphatic carbocycles. The molecule has 0 saturated heterocycles. The van der Waals surface area contributed by atoms with Gasteiger partial charge in [-0.2, -0.15) is 0 Å². The van der Waals surface area contributed by atoms with Gasteiger partial charge >= 0.3 is 11.6 Å². The molecule has 1 heterocycles. The molecule has 122 valence electrons. The number of hydrogen-bond acceptors (Lipinski definition) is 5. The molecule has 1 aromatic heterocycles. The molecule has 0 atom stereocenters. The van der Waals surface area contributed by atoms with Crippen LogP contribution in [0.25, 0.3) is 11.0 Å². The summed E-state index contributed by atoms with van der Waals surface area (Å²) in [5.41, 5.74) is 0.737. The van der Waals surface area contributed by atoms with Crippen LogP contribution >= 0.6 is 0 Å². The van der Waals surface area contributed by atoms with Crippen LogP contribution < -0.4 is 10.4 Å². The highest BCUT2D eigenvalue weighted by atomic mass is 16.6. The third-order valence-electron chi connectivity index (χ3n) is 3.47. The largest absolute Gasteiger partial charge is 0.490 e. The van der Waals surface area contributed by atoms with E-state index in [4.69, 9.17) is 13.9 Å². The zero-order chi connectivity index (χ0) is 16.9. The van der Waals surface area contributed by atoms with Gasteiger partial charge in [-0.1, -0.05) is 35.9 Å². The summed E-state index contributed by atoms with van der Waals surface area (Å²) in [5, 5.41) is 0.667. The Hall–Kier alpha value is -3.08. The van der Waals surface area contributed by atoms with Crippen molar-refractivity contribution < 1.29 is 18.7 Å². The van der Waals surface area contributed by atoms with Crippen molar-refractivity contribution in [2.75, 3.05) is 13.2 Å². The first-order valence-electron chi connectivity index (χ1n) is 7.53. The van der Waals surface area contributed by atoms with Crippen molar-refractivity contribution in [1.29, 1.82) is 0 Å². The molecule has 0 saturated carbocycles. The number of carbonyl (C=O) groups is 1. The van der Waals surface area contributed by atoms with Crippen molar-refractivity contribution in [3.05, 3.63) is 76.1 Å². The third kappa shape index (κ3) is 3.63. The Morgan fingerprint density at radius 1 is 1.04 bits per heavy atom. The van der Waals surface area contributed by atoms with Gasteiger partial charge in [-0.05, 0) is 31.2 Å². The maximum absolute atomic E-state index is 12.0. The second-order valence-electron chi connectivity index (χ2n) is 5.28. The molecule has 3 aromatic rings. The number of hydrogen-bond donors (Lipinski definition) is 0. The predicted octanol–water partition coefficient (Wildman–Crippen LogP) is 3.34. The molecule has 0 radical (unpaired) electrons. The molecular weight excluding hydrogens is 308 g/mol. The number of rotatable bonds is 5. The first-order valence-corrected chi connectivity index (χ1v) is 7.53. The number of para-hydroxylation sites is 1. The van der Waals surface area contributed by atoms with Gasteiger partial charge < -0.3 is 13.9 Å². The Morgan fingerprint density at radius 2 is 1.79 bits per heavy atom. The van der Waals surface area contributed by atoms with E-state index in [0.717, 1.165) is 5.56 Å². The molecule has 3 rings (SSSR count). The van der Waals surface area contributed by atoms with Gasteiger partial charge in [0.25, 0.3) is 0 Å². The smallest absolute Gasteiger partial charge is 0.351 e. The van der Waals surface area contributed by atoms with E-state index in [2.05, 4.69) is 0 Å². The monoisotopic (exact) mass is 324 g/mol. The fourth-order valence-electron chi connectivity index (χ4n) is 2.21. The van der Waals surface area contributed by atoms with Crippen LogP contribution in [-0.2, 0) is 4.74 Å². The molecule has 24 heavy (non-hydrogen) atoms. The molecule has 0 bridgehead atoms. The third-order valence-corrected chi connectivity index (χ3v) is 3.47. The van der Waals surface area contributed by atoms with Crippen LogP contribution in [0.3, 0.4) is 0 Å². The molecule has 5 heteroatoms. The molecule has 0 aliphatic heterocycles. The molecule has 0 fully saturated rings. The predicted molar refractivity (Wildman–Crippen MR) is 89.4 cm³/mol. The number of ether oxygens (including phenoxy) is 2. The van der Waals surface area contributed by atoms with Crippen LogP contribution in [0, 0.1) is 6.92 Å². The quantitative estimate of drug-likeness (QED) is 0.409. The summed E-state index contributed by atoms with van der Waals surface area (Å²) in [4.78, 5) is 23.9. The average molecular weight is 324 g/mol. The molecule has 2 aromatic carbocycles. The van der Waals surface area contributed by atoms with E-state index in [1.165, 1.54) is 6.07 Å². The highest BCUT2D eigenvalue weighted by molar-refractivity contribution is 5.92. The van der Waals surface area contributed by atoms with E-state index in [1.807, 2.05) is 31.2 Å². The van der Waals surface area contributed by atoms with Crippen molar-refractivity contribution >= 4 is 16.9 Å². The minimum Gasteiger partial charge on any atom is -0.490 e. The molecule has 5 nitrogen and oxygen atoms in total. The summed E-state index contributed by atoms with van der Waals surface area (Å²) in [7, 11) is 0. The van der Waals surface area contributed by atoms with Crippen molar-refractivity contribution in [3.63, 3.8) is 0 Å². The van der Waals surface area contributed by atoms with Gasteiger partial charge in [-0.3, -0.25) is 0 Å². The molecule has 0 unspecified atom stereocenters. The number of carbonyl (C=O) groups excluding carboxylic acids is 1. The Labute approximate surface area is 138 Å². The van der Waals surface area contributed by atoms with Crippen LogP contribution in [-0.4, -0.2) is 19.2 Å². The van der Waals surface area contributed by atoms with Crippen LogP contribution in [0.1, 0.15) is 15.9 Å². The SMILES string of the molecule is Cc1ccc(OCCOC(=O)c2cc3ccccc3oc2=O)cc1. The molecule has 0 aliphatic rings. The second-order valence-corrected chi connectivity index (χ2v) is 5.28. The lowest BCUT2D eigenvalue weighted by Gasteiger charge is -2.07. The molecule has 0 amide bonds. The number of fused-ring (bicyclic) bond motifs is 1. The first-order chi connectivity index (χ1) is 11.6. The van der Waals surface area contributed by atoms with E-state index < -0.39 is 11.6 Å². The Morgan fingerprint density at radius 3 is 2.58 bits per heavy atom. The summed E-state index contributed by atoms with van der Waals surface area (Å²) in [6.45, 7) is 2.23. The van der Waals surface area contributed by atoms with Gasteiger partial charge in [0.05, 0.1) is 0 Å². The Bertz CT molecular complexity index is 909. The van der Waals surface area contributed by atoms with Gasteiger partial charge in [0.1, 0.15) is 30.1 Å². The number of esters is 1. The summed E-state index contributed by atoms with van der Waals surface area (Å²) in [6.07, 6.45) is 0. The molecule has 0 spiro atoms. The zero-order valence-corrected chi connectivity index (χ0v) is 13.2. The van der Waals surface area contributed by atoms with Gasteiger partial charge in [0.2, 0.25) is 0 Å². The minimum atomic E-state index is -0.720.